The minimum atomic E-state index is -0.632. The Labute approximate surface area is 300 Å². The van der Waals surface area contributed by atoms with Crippen molar-refractivity contribution in [2.75, 3.05) is 13.6 Å². The highest BCUT2D eigenvalue weighted by Gasteiger charge is 2.34. The molecule has 1 aliphatic heterocycles. The molecule has 8 heteroatoms. The SMILES string of the molecule is CC(C(O)c1ccccc1)N(C)CC1CC(c2ccc(CO)cc2)OC(c2ccc(-c3cccc(CNC(=O)NCc4ccccc4)c3)cc2)O1. The zero-order chi connectivity index (χ0) is 35.6. The van der Waals surface area contributed by atoms with Gasteiger partial charge >= 0.3 is 6.03 Å². The van der Waals surface area contributed by atoms with Crippen LogP contribution in [0.25, 0.3) is 11.1 Å². The number of ether oxygens (including phenoxy) is 2. The third kappa shape index (κ3) is 9.70. The number of nitrogens with one attached hydrogen (secondary N) is 2. The molecule has 51 heavy (non-hydrogen) atoms. The van der Waals surface area contributed by atoms with E-state index in [2.05, 4.69) is 39.8 Å². The molecule has 2 amide bonds. The van der Waals surface area contributed by atoms with Crippen LogP contribution in [0.3, 0.4) is 0 Å². The molecule has 4 N–H and O–H groups in total. The number of nitrogens with zero attached hydrogens (tertiary/aromatic N) is 1. The molecule has 0 aromatic heterocycles. The van der Waals surface area contributed by atoms with E-state index in [0.29, 0.717) is 26.1 Å². The summed E-state index contributed by atoms with van der Waals surface area (Å²) < 4.78 is 13.2. The predicted octanol–water partition coefficient (Wildman–Crippen LogP) is 7.44. The first-order valence-electron chi connectivity index (χ1n) is 17.5. The molecule has 5 atom stereocenters. The minimum absolute atomic E-state index is 0.0115. The smallest absolute Gasteiger partial charge is 0.315 e. The van der Waals surface area contributed by atoms with Gasteiger partial charge in [-0.3, -0.25) is 4.90 Å². The monoisotopic (exact) mass is 685 g/mol. The molecule has 0 saturated carbocycles. The van der Waals surface area contributed by atoms with E-state index in [1.807, 2.05) is 123 Å². The third-order valence-electron chi connectivity index (χ3n) is 9.59. The minimum Gasteiger partial charge on any atom is -0.392 e. The van der Waals surface area contributed by atoms with Crippen LogP contribution in [0.2, 0.25) is 0 Å². The van der Waals surface area contributed by atoms with Gasteiger partial charge in [-0.25, -0.2) is 4.79 Å². The van der Waals surface area contributed by atoms with Crippen LogP contribution >= 0.6 is 0 Å². The van der Waals surface area contributed by atoms with Crippen LogP contribution < -0.4 is 10.6 Å². The van der Waals surface area contributed by atoms with Gasteiger partial charge in [0.2, 0.25) is 0 Å². The van der Waals surface area contributed by atoms with Crippen molar-refractivity contribution in [3.63, 3.8) is 0 Å². The maximum absolute atomic E-state index is 12.4. The van der Waals surface area contributed by atoms with Gasteiger partial charge in [0.1, 0.15) is 0 Å². The molecule has 6 rings (SSSR count). The molecule has 1 fully saturated rings. The standard InChI is InChI=1S/C43H47N3O5/c1-30(41(48)36-13-7-4-8-14-36)46(2)28-39-25-40(35-18-16-32(29-47)17-19-35)51-42(50-39)37-22-20-34(21-23-37)38-15-9-12-33(24-38)27-45-43(49)44-26-31-10-5-3-6-11-31/h3-24,30,39-42,47-48H,25-29H2,1-2H3,(H2,44,45,49). The molecular weight excluding hydrogens is 638 g/mol. The number of urea groups is 1. The molecule has 0 spiro atoms. The second-order valence-corrected chi connectivity index (χ2v) is 13.2. The molecule has 0 radical (unpaired) electrons. The van der Waals surface area contributed by atoms with E-state index in [9.17, 15) is 15.0 Å². The maximum Gasteiger partial charge on any atom is 0.315 e. The molecule has 5 unspecified atom stereocenters. The van der Waals surface area contributed by atoms with Crippen molar-refractivity contribution in [2.24, 2.45) is 0 Å². The fraction of sp³-hybridized carbons (Fsp3) is 0.279. The highest BCUT2D eigenvalue weighted by molar-refractivity contribution is 5.74. The summed E-state index contributed by atoms with van der Waals surface area (Å²) in [6.07, 6.45) is -0.940. The molecule has 1 aliphatic rings. The Morgan fingerprint density at radius 2 is 1.37 bits per heavy atom. The summed E-state index contributed by atoms with van der Waals surface area (Å²) >= 11 is 0. The van der Waals surface area contributed by atoms with Crippen molar-refractivity contribution < 1.29 is 24.5 Å². The number of hydrogen-bond acceptors (Lipinski definition) is 6. The van der Waals surface area contributed by atoms with Gasteiger partial charge in [-0.1, -0.05) is 127 Å². The van der Waals surface area contributed by atoms with E-state index in [1.165, 1.54) is 0 Å². The molecule has 1 heterocycles. The fourth-order valence-electron chi connectivity index (χ4n) is 6.41. The van der Waals surface area contributed by atoms with Crippen LogP contribution in [-0.2, 0) is 29.2 Å². The lowest BCUT2D eigenvalue weighted by Crippen LogP contribution is -2.43. The van der Waals surface area contributed by atoms with Crippen molar-refractivity contribution >= 4 is 6.03 Å². The molecular formula is C43H47N3O5. The van der Waals surface area contributed by atoms with E-state index in [0.717, 1.165) is 44.5 Å². The number of amides is 2. The van der Waals surface area contributed by atoms with Crippen molar-refractivity contribution in [3.05, 3.63) is 167 Å². The summed E-state index contributed by atoms with van der Waals surface area (Å²) in [6, 6.07) is 43.5. The van der Waals surface area contributed by atoms with Gasteiger partial charge in [-0.05, 0) is 59.0 Å². The van der Waals surface area contributed by atoms with Crippen molar-refractivity contribution in [1.29, 1.82) is 0 Å². The molecule has 264 valence electrons. The first-order chi connectivity index (χ1) is 24.9. The normalized spacial score (nSPS) is 18.6. The Balaban J connectivity index is 1.12. The molecule has 0 bridgehead atoms. The number of aliphatic hydroxyl groups excluding tert-OH is 2. The van der Waals surface area contributed by atoms with Gasteiger partial charge in [0, 0.05) is 37.7 Å². The second kappa shape index (κ2) is 17.4. The first kappa shape index (κ1) is 36.0. The van der Waals surface area contributed by atoms with Gasteiger partial charge in [0.15, 0.2) is 6.29 Å². The Kier molecular flexibility index (Phi) is 12.3. The number of hydrogen-bond donors (Lipinski definition) is 4. The lowest BCUT2D eigenvalue weighted by molar-refractivity contribution is -0.253. The topological polar surface area (TPSA) is 103 Å². The average Bonchev–Trinajstić information content (AvgIpc) is 3.19. The number of benzene rings is 5. The fourth-order valence-corrected chi connectivity index (χ4v) is 6.41. The van der Waals surface area contributed by atoms with Crippen molar-refractivity contribution in [3.8, 4) is 11.1 Å². The Bertz CT molecular complexity index is 1820. The van der Waals surface area contributed by atoms with Gasteiger partial charge < -0.3 is 30.3 Å². The lowest BCUT2D eigenvalue weighted by Gasteiger charge is -2.39. The molecule has 0 aliphatic carbocycles. The highest BCUT2D eigenvalue weighted by atomic mass is 16.7. The van der Waals surface area contributed by atoms with Crippen LogP contribution in [0.1, 0.15) is 65.2 Å². The molecule has 5 aromatic carbocycles. The number of carbonyl (C=O) groups is 1. The zero-order valence-electron chi connectivity index (χ0n) is 29.2. The van der Waals surface area contributed by atoms with Crippen LogP contribution in [-0.4, -0.2) is 46.9 Å². The summed E-state index contributed by atoms with van der Waals surface area (Å²) in [5.74, 6) is 0. The van der Waals surface area contributed by atoms with E-state index >= 15 is 0 Å². The second-order valence-electron chi connectivity index (χ2n) is 13.2. The number of carbonyl (C=O) groups excluding carboxylic acids is 1. The quantitative estimate of drug-likeness (QED) is 0.103. The maximum atomic E-state index is 12.4. The van der Waals surface area contributed by atoms with Crippen LogP contribution in [0, 0.1) is 0 Å². The predicted molar refractivity (Wildman–Crippen MR) is 199 cm³/mol. The molecule has 8 nitrogen and oxygen atoms in total. The van der Waals surface area contributed by atoms with E-state index in [-0.39, 0.29) is 30.9 Å². The van der Waals surface area contributed by atoms with Crippen molar-refractivity contribution in [2.45, 2.75) is 63.7 Å². The van der Waals surface area contributed by atoms with E-state index in [1.54, 1.807) is 0 Å². The zero-order valence-corrected chi connectivity index (χ0v) is 29.2. The number of likely N-dealkylation sites (N-methyl/N-ethyl adjacent to an activating group) is 1. The van der Waals surface area contributed by atoms with Crippen LogP contribution in [0.15, 0.2) is 133 Å². The first-order valence-corrected chi connectivity index (χ1v) is 17.5. The van der Waals surface area contributed by atoms with Crippen LogP contribution in [0.4, 0.5) is 4.79 Å². The highest BCUT2D eigenvalue weighted by Crippen LogP contribution is 2.39. The Morgan fingerprint density at radius 1 is 0.745 bits per heavy atom. The third-order valence-corrected chi connectivity index (χ3v) is 9.59. The Morgan fingerprint density at radius 3 is 2.06 bits per heavy atom. The largest absolute Gasteiger partial charge is 0.392 e. The molecule has 5 aromatic rings. The van der Waals surface area contributed by atoms with E-state index in [4.69, 9.17) is 9.47 Å². The summed E-state index contributed by atoms with van der Waals surface area (Å²) in [5.41, 5.74) is 7.81. The van der Waals surface area contributed by atoms with Crippen molar-refractivity contribution in [1.82, 2.24) is 15.5 Å². The van der Waals surface area contributed by atoms with Gasteiger partial charge in [0.25, 0.3) is 0 Å². The number of aliphatic hydroxyl groups is 2. The summed E-state index contributed by atoms with van der Waals surface area (Å²) in [5, 5.41) is 26.5. The summed E-state index contributed by atoms with van der Waals surface area (Å²) in [6.45, 7) is 3.51. The van der Waals surface area contributed by atoms with Gasteiger partial charge in [-0.15, -0.1) is 0 Å². The lowest BCUT2D eigenvalue weighted by atomic mass is 9.98. The Hall–Kier alpha value is -4.83. The number of rotatable bonds is 13. The molecule has 1 saturated heterocycles. The van der Waals surface area contributed by atoms with Gasteiger partial charge in [-0.2, -0.15) is 0 Å². The average molecular weight is 686 g/mol. The summed E-state index contributed by atoms with van der Waals surface area (Å²) in [7, 11) is 2.02. The van der Waals surface area contributed by atoms with Crippen LogP contribution in [0.5, 0.6) is 0 Å². The van der Waals surface area contributed by atoms with Gasteiger partial charge in [0.05, 0.1) is 24.9 Å². The summed E-state index contributed by atoms with van der Waals surface area (Å²) in [4.78, 5) is 14.6. The van der Waals surface area contributed by atoms with E-state index < -0.39 is 12.4 Å².